The molecule has 0 radical (unpaired) electrons. The van der Waals surface area contributed by atoms with Crippen molar-refractivity contribution in [3.63, 3.8) is 0 Å². The Morgan fingerprint density at radius 2 is 1.81 bits per heavy atom. The molecule has 0 bridgehead atoms. The number of hydrogen-bond acceptors (Lipinski definition) is 3. The highest BCUT2D eigenvalue weighted by Gasteiger charge is 2.32. The zero-order chi connectivity index (χ0) is 12.6. The summed E-state index contributed by atoms with van der Waals surface area (Å²) in [6.07, 6.45) is -4.72. The van der Waals surface area contributed by atoms with E-state index < -0.39 is 47.9 Å². The van der Waals surface area contributed by atoms with Gasteiger partial charge in [0.15, 0.2) is 21.2 Å². The summed E-state index contributed by atoms with van der Waals surface area (Å²) in [6.45, 7) is 0. The molecule has 0 aliphatic heterocycles. The Kier molecular flexibility index (Phi) is 3.69. The molecule has 1 aromatic carbocycles. The van der Waals surface area contributed by atoms with Crippen LogP contribution in [0.4, 0.5) is 13.2 Å². The van der Waals surface area contributed by atoms with Crippen molar-refractivity contribution in [1.29, 1.82) is 0 Å². The maximum atomic E-state index is 12.2. The number of alkyl halides is 3. The fourth-order valence-corrected chi connectivity index (χ4v) is 3.28. The summed E-state index contributed by atoms with van der Waals surface area (Å²) in [4.78, 5) is -0.954. The largest absolute Gasteiger partial charge is 0.416 e. The Bertz CT molecular complexity index is 523. The molecule has 0 saturated carbocycles. The average molecular weight is 368 g/mol. The molecule has 0 aromatic heterocycles. The lowest BCUT2D eigenvalue weighted by Gasteiger charge is -2.08. The normalized spacial score (nSPS) is 12.8. The summed E-state index contributed by atoms with van der Waals surface area (Å²) in [7, 11) is -4.80. The van der Waals surface area contributed by atoms with Crippen LogP contribution in [-0.2, 0) is 19.4 Å². The lowest BCUT2D eigenvalue weighted by atomic mass is 10.2. The van der Waals surface area contributed by atoms with Gasteiger partial charge in [-0.1, -0.05) is 0 Å². The molecule has 0 unspecified atom stereocenters. The van der Waals surface area contributed by atoms with Gasteiger partial charge in [0.1, 0.15) is 4.90 Å². The molecule has 90 valence electrons. The quantitative estimate of drug-likeness (QED) is 0.643. The fourth-order valence-electron chi connectivity index (χ4n) is 0.941. The van der Waals surface area contributed by atoms with Crippen LogP contribution in [0.15, 0.2) is 23.1 Å². The molecule has 0 atom stereocenters. The van der Waals surface area contributed by atoms with Crippen LogP contribution in [0, 0.1) is 3.57 Å². The molecule has 16 heavy (non-hydrogen) atoms. The van der Waals surface area contributed by atoms with Crippen molar-refractivity contribution in [2.45, 2.75) is 11.1 Å². The standard InChI is InChI=1S/C7H4F3IO4S/c8-7(9,10)4-1-2-5(11-12)6(3-4)16(13,14)15/h1-3H,(H,13,14,15). The van der Waals surface area contributed by atoms with E-state index in [4.69, 9.17) is 4.55 Å². The van der Waals surface area contributed by atoms with Crippen LogP contribution in [-0.4, -0.2) is 13.0 Å². The highest BCUT2D eigenvalue weighted by atomic mass is 127. The van der Waals surface area contributed by atoms with Crippen LogP contribution in [0.25, 0.3) is 0 Å². The molecular weight excluding hydrogens is 364 g/mol. The number of hydrogen-bond donors (Lipinski definition) is 1. The first-order valence-electron chi connectivity index (χ1n) is 3.62. The first kappa shape index (κ1) is 13.5. The first-order chi connectivity index (χ1) is 7.16. The van der Waals surface area contributed by atoms with E-state index in [0.717, 1.165) is 6.07 Å². The Morgan fingerprint density at radius 3 is 2.19 bits per heavy atom. The van der Waals surface area contributed by atoms with Crippen molar-refractivity contribution in [3.05, 3.63) is 27.3 Å². The minimum atomic E-state index is -4.80. The third-order valence-corrected chi connectivity index (χ3v) is 4.29. The zero-order valence-corrected chi connectivity index (χ0v) is 10.3. The van der Waals surface area contributed by atoms with Gasteiger partial charge in [-0.05, 0) is 18.2 Å². The van der Waals surface area contributed by atoms with Crippen molar-refractivity contribution in [1.82, 2.24) is 0 Å². The van der Waals surface area contributed by atoms with Crippen molar-refractivity contribution in [3.8, 4) is 0 Å². The van der Waals surface area contributed by atoms with Crippen LogP contribution in [0.5, 0.6) is 0 Å². The van der Waals surface area contributed by atoms with Gasteiger partial charge in [0.05, 0.1) is 9.13 Å². The van der Waals surface area contributed by atoms with E-state index in [9.17, 15) is 24.7 Å². The molecule has 1 aromatic rings. The van der Waals surface area contributed by atoms with Gasteiger partial charge in [-0.3, -0.25) is 7.62 Å². The van der Waals surface area contributed by atoms with Crippen LogP contribution < -0.4 is 0 Å². The summed E-state index contributed by atoms with van der Waals surface area (Å²) in [5.41, 5.74) is -1.22. The topological polar surface area (TPSA) is 71.4 Å². The molecule has 0 amide bonds. The molecule has 0 fully saturated rings. The maximum Gasteiger partial charge on any atom is 0.416 e. The van der Waals surface area contributed by atoms with Crippen LogP contribution in [0.2, 0.25) is 0 Å². The van der Waals surface area contributed by atoms with Gasteiger partial charge in [-0.2, -0.15) is 21.6 Å². The number of rotatable bonds is 2. The third-order valence-electron chi connectivity index (χ3n) is 1.62. The van der Waals surface area contributed by atoms with Crippen LogP contribution in [0.3, 0.4) is 0 Å². The van der Waals surface area contributed by atoms with Crippen molar-refractivity contribution >= 4 is 31.3 Å². The molecule has 1 rings (SSSR count). The van der Waals surface area contributed by atoms with Gasteiger partial charge in [0.2, 0.25) is 0 Å². The van der Waals surface area contributed by atoms with Gasteiger partial charge in [-0.25, -0.2) is 0 Å². The van der Waals surface area contributed by atoms with E-state index >= 15 is 0 Å². The summed E-state index contributed by atoms with van der Waals surface area (Å²) in [5, 5.41) is 0. The van der Waals surface area contributed by atoms with E-state index in [2.05, 4.69) is 0 Å². The van der Waals surface area contributed by atoms with E-state index in [-0.39, 0.29) is 9.64 Å². The van der Waals surface area contributed by atoms with Gasteiger partial charge in [0, 0.05) is 0 Å². The second-order valence-electron chi connectivity index (χ2n) is 2.70. The van der Waals surface area contributed by atoms with Gasteiger partial charge >= 0.3 is 6.18 Å². The molecule has 1 N–H and O–H groups in total. The van der Waals surface area contributed by atoms with Crippen molar-refractivity contribution < 1.29 is 29.2 Å². The number of benzene rings is 1. The molecular formula is C7H4F3IO4S. The van der Waals surface area contributed by atoms with E-state index in [1.54, 1.807) is 0 Å². The zero-order valence-electron chi connectivity index (χ0n) is 7.32. The molecule has 0 aliphatic carbocycles. The monoisotopic (exact) mass is 368 g/mol. The molecule has 0 saturated heterocycles. The van der Waals surface area contributed by atoms with Gasteiger partial charge in [0.25, 0.3) is 10.1 Å². The second kappa shape index (κ2) is 4.37. The minimum Gasteiger partial charge on any atom is -0.282 e. The summed E-state index contributed by atoms with van der Waals surface area (Å²) in [6, 6.07) is 1.66. The van der Waals surface area contributed by atoms with Gasteiger partial charge < -0.3 is 0 Å². The first-order valence-corrected chi connectivity index (χ1v) is 7.02. The van der Waals surface area contributed by atoms with Crippen molar-refractivity contribution in [2.75, 3.05) is 0 Å². The molecule has 0 heterocycles. The molecule has 4 nitrogen and oxygen atoms in total. The molecule has 0 spiro atoms. The Hall–Kier alpha value is -0.550. The van der Waals surface area contributed by atoms with E-state index in [0.29, 0.717) is 6.07 Å². The smallest absolute Gasteiger partial charge is 0.282 e. The van der Waals surface area contributed by atoms with Crippen LogP contribution in [0.1, 0.15) is 5.56 Å². The Balaban J connectivity index is 3.52. The predicted molar refractivity (Wildman–Crippen MR) is 54.7 cm³/mol. The second-order valence-corrected chi connectivity index (χ2v) is 5.69. The maximum absolute atomic E-state index is 12.2. The summed E-state index contributed by atoms with van der Waals surface area (Å²) in [5.74, 6) is 0. The van der Waals surface area contributed by atoms with Crippen molar-refractivity contribution in [2.24, 2.45) is 0 Å². The Morgan fingerprint density at radius 1 is 1.25 bits per heavy atom. The molecule has 9 heteroatoms. The van der Waals surface area contributed by atoms with E-state index in [1.807, 2.05) is 0 Å². The predicted octanol–water partition coefficient (Wildman–Crippen LogP) is 2.44. The molecule has 0 aliphatic rings. The summed E-state index contributed by atoms with van der Waals surface area (Å²) < 4.78 is 77.2. The van der Waals surface area contributed by atoms with Crippen LogP contribution >= 0.6 is 21.2 Å². The lowest BCUT2D eigenvalue weighted by molar-refractivity contribution is -0.137. The Labute approximate surface area is 98.9 Å². The average Bonchev–Trinajstić information content (AvgIpc) is 2.14. The van der Waals surface area contributed by atoms with E-state index in [1.165, 1.54) is 0 Å². The fraction of sp³-hybridized carbons (Fsp3) is 0.143. The number of halogens is 4. The SMILES string of the molecule is O=Ic1ccc(C(F)(F)F)cc1S(=O)(=O)O. The highest BCUT2D eigenvalue weighted by Crippen LogP contribution is 2.32. The lowest BCUT2D eigenvalue weighted by Crippen LogP contribution is -2.08. The highest BCUT2D eigenvalue weighted by molar-refractivity contribution is 14.1. The van der Waals surface area contributed by atoms with Gasteiger partial charge in [-0.15, -0.1) is 0 Å². The minimum absolute atomic E-state index is 0.266. The third kappa shape index (κ3) is 2.98. The summed E-state index contributed by atoms with van der Waals surface area (Å²) >= 11 is -1.98.